The van der Waals surface area contributed by atoms with Gasteiger partial charge in [-0.25, -0.2) is 0 Å². The van der Waals surface area contributed by atoms with Crippen molar-refractivity contribution in [3.63, 3.8) is 0 Å². The molecule has 1 aliphatic carbocycles. The average Bonchev–Trinajstić information content (AvgIpc) is 3.28. The van der Waals surface area contributed by atoms with Crippen LogP contribution in [0.4, 0.5) is 0 Å². The van der Waals surface area contributed by atoms with Crippen LogP contribution in [0.2, 0.25) is 0 Å². The number of hydrogen-bond acceptors (Lipinski definition) is 6. The van der Waals surface area contributed by atoms with Gasteiger partial charge < -0.3 is 13.8 Å². The Kier molecular flexibility index (Phi) is 3.14. The highest BCUT2D eigenvalue weighted by Crippen LogP contribution is 2.38. The number of aryl methyl sites for hydroxylation is 1. The number of ether oxygens (including phenoxy) is 1. The summed E-state index contributed by atoms with van der Waals surface area (Å²) in [5, 5.41) is 8.38. The quantitative estimate of drug-likeness (QED) is 0.718. The van der Waals surface area contributed by atoms with Crippen molar-refractivity contribution in [3.8, 4) is 17.4 Å². The lowest BCUT2D eigenvalue weighted by atomic mass is 9.92. The first-order chi connectivity index (χ1) is 11.9. The number of fused-ring (bicyclic) bond motifs is 2. The van der Waals surface area contributed by atoms with Crippen LogP contribution in [0.3, 0.4) is 0 Å². The largest absolute Gasteiger partial charge is 0.493 e. The zero-order valence-corrected chi connectivity index (χ0v) is 13.2. The summed E-state index contributed by atoms with van der Waals surface area (Å²) < 4.78 is 16.7. The molecule has 2 aromatic heterocycles. The monoisotopic (exact) mass is 323 g/mol. The van der Waals surface area contributed by atoms with Gasteiger partial charge in [0.05, 0.1) is 18.2 Å². The van der Waals surface area contributed by atoms with Crippen molar-refractivity contribution in [3.05, 3.63) is 46.9 Å². The lowest BCUT2D eigenvalue weighted by Crippen LogP contribution is -2.16. The molecule has 1 aliphatic heterocycles. The lowest BCUT2D eigenvalue weighted by Gasteiger charge is -2.23. The van der Waals surface area contributed by atoms with E-state index in [-0.39, 0.29) is 5.92 Å². The summed E-state index contributed by atoms with van der Waals surface area (Å²) in [6.07, 6.45) is 5.08. The Labute approximate surface area is 138 Å². The minimum Gasteiger partial charge on any atom is -0.493 e. The van der Waals surface area contributed by atoms with Crippen molar-refractivity contribution in [2.45, 2.75) is 38.0 Å². The molecule has 6 nitrogen and oxygen atoms in total. The van der Waals surface area contributed by atoms with Crippen molar-refractivity contribution in [2.75, 3.05) is 6.61 Å². The maximum atomic E-state index is 5.71. The topological polar surface area (TPSA) is 74.2 Å². The van der Waals surface area contributed by atoms with E-state index in [4.69, 9.17) is 13.8 Å². The van der Waals surface area contributed by atoms with Crippen LogP contribution >= 0.6 is 0 Å². The molecule has 3 heterocycles. The van der Waals surface area contributed by atoms with Crippen LogP contribution in [0.1, 0.15) is 47.8 Å². The van der Waals surface area contributed by atoms with Gasteiger partial charge in [-0.3, -0.25) is 0 Å². The molecule has 0 saturated carbocycles. The second kappa shape index (κ2) is 5.47. The summed E-state index contributed by atoms with van der Waals surface area (Å²) in [7, 11) is 0. The molecule has 0 fully saturated rings. The Morgan fingerprint density at radius 3 is 2.92 bits per heavy atom. The average molecular weight is 323 g/mol. The molecule has 0 radical (unpaired) electrons. The zero-order chi connectivity index (χ0) is 15.9. The van der Waals surface area contributed by atoms with E-state index in [1.807, 2.05) is 18.2 Å². The molecule has 1 unspecified atom stereocenters. The van der Waals surface area contributed by atoms with Gasteiger partial charge in [-0.1, -0.05) is 28.5 Å². The maximum Gasteiger partial charge on any atom is 0.296 e. The predicted octanol–water partition coefficient (Wildman–Crippen LogP) is 3.52. The van der Waals surface area contributed by atoms with Crippen molar-refractivity contribution < 1.29 is 13.8 Å². The molecule has 3 aromatic rings. The molecule has 122 valence electrons. The molecular weight excluding hydrogens is 306 g/mol. The molecule has 0 bridgehead atoms. The van der Waals surface area contributed by atoms with Gasteiger partial charge in [0.2, 0.25) is 5.76 Å². The number of aromatic nitrogens is 3. The second-order valence-corrected chi connectivity index (χ2v) is 6.33. The number of nitrogens with zero attached hydrogens (tertiary/aromatic N) is 3. The molecule has 1 aromatic carbocycles. The normalized spacial score (nSPS) is 19.4. The number of hydrogen-bond donors (Lipinski definition) is 0. The predicted molar refractivity (Wildman–Crippen MR) is 84.8 cm³/mol. The van der Waals surface area contributed by atoms with Crippen molar-refractivity contribution >= 4 is 0 Å². The van der Waals surface area contributed by atoms with E-state index in [0.717, 1.165) is 54.7 Å². The fraction of sp³-hybridized carbons (Fsp3) is 0.389. The summed E-state index contributed by atoms with van der Waals surface area (Å²) in [6, 6.07) is 8.03. The van der Waals surface area contributed by atoms with Gasteiger partial charge in [-0.05, 0) is 38.2 Å². The van der Waals surface area contributed by atoms with Gasteiger partial charge in [-0.15, -0.1) is 0 Å². The first kappa shape index (κ1) is 13.8. The third-order valence-corrected chi connectivity index (χ3v) is 4.87. The Morgan fingerprint density at radius 2 is 1.92 bits per heavy atom. The van der Waals surface area contributed by atoms with E-state index in [9.17, 15) is 0 Å². The van der Waals surface area contributed by atoms with E-state index in [0.29, 0.717) is 24.1 Å². The third kappa shape index (κ3) is 2.13. The van der Waals surface area contributed by atoms with E-state index >= 15 is 0 Å². The standard InChI is InChI=1S/C18H17N3O3/c1-3-7-14-13(6-1)16(23-20-14)18-19-17(21-24-18)12-9-10-22-15-8-4-2-5-11(12)15/h2,4-5,8,12H,1,3,6-7,9-10H2. The van der Waals surface area contributed by atoms with Gasteiger partial charge in [0.1, 0.15) is 5.75 Å². The smallest absolute Gasteiger partial charge is 0.296 e. The van der Waals surface area contributed by atoms with Crippen LogP contribution in [0, 0.1) is 0 Å². The minimum atomic E-state index is 0.0891. The van der Waals surface area contributed by atoms with Crippen LogP contribution in [0.25, 0.3) is 11.7 Å². The molecule has 0 saturated heterocycles. The zero-order valence-electron chi connectivity index (χ0n) is 13.2. The van der Waals surface area contributed by atoms with E-state index < -0.39 is 0 Å². The van der Waals surface area contributed by atoms with Gasteiger partial charge in [0.15, 0.2) is 5.82 Å². The van der Waals surface area contributed by atoms with Gasteiger partial charge in [0, 0.05) is 11.1 Å². The Balaban J connectivity index is 1.52. The van der Waals surface area contributed by atoms with Gasteiger partial charge >= 0.3 is 0 Å². The number of benzene rings is 1. The summed E-state index contributed by atoms with van der Waals surface area (Å²) in [5.74, 6) is 2.75. The number of rotatable bonds is 2. The highest BCUT2D eigenvalue weighted by molar-refractivity contribution is 5.53. The highest BCUT2D eigenvalue weighted by Gasteiger charge is 2.29. The first-order valence-electron chi connectivity index (χ1n) is 8.43. The Hall–Kier alpha value is -2.63. The van der Waals surface area contributed by atoms with Gasteiger partial charge in [0.25, 0.3) is 5.89 Å². The Morgan fingerprint density at radius 1 is 1.00 bits per heavy atom. The molecule has 5 rings (SSSR count). The SMILES string of the molecule is c1ccc2c(c1)OCCC2c1noc(-c2onc3c2CCCC3)n1. The van der Waals surface area contributed by atoms with E-state index in [1.165, 1.54) is 0 Å². The fourth-order valence-electron chi connectivity index (χ4n) is 3.64. The summed E-state index contributed by atoms with van der Waals surface area (Å²) in [6.45, 7) is 0.656. The van der Waals surface area contributed by atoms with Crippen molar-refractivity contribution in [1.82, 2.24) is 15.3 Å². The molecule has 0 N–H and O–H groups in total. The maximum absolute atomic E-state index is 5.71. The fourth-order valence-corrected chi connectivity index (χ4v) is 3.64. The van der Waals surface area contributed by atoms with E-state index in [1.54, 1.807) is 0 Å². The third-order valence-electron chi connectivity index (χ3n) is 4.87. The summed E-state index contributed by atoms with van der Waals surface area (Å²) in [4.78, 5) is 4.62. The van der Waals surface area contributed by atoms with Crippen LogP contribution < -0.4 is 4.74 Å². The van der Waals surface area contributed by atoms with Crippen LogP contribution in [0.15, 0.2) is 33.3 Å². The number of para-hydroxylation sites is 1. The van der Waals surface area contributed by atoms with Crippen molar-refractivity contribution in [2.24, 2.45) is 0 Å². The molecule has 1 atom stereocenters. The molecule has 6 heteroatoms. The van der Waals surface area contributed by atoms with Crippen LogP contribution in [0.5, 0.6) is 5.75 Å². The summed E-state index contributed by atoms with van der Waals surface area (Å²) in [5.41, 5.74) is 3.27. The molecule has 2 aliphatic rings. The molecular formula is C18H17N3O3. The summed E-state index contributed by atoms with van der Waals surface area (Å²) >= 11 is 0. The molecule has 0 amide bonds. The second-order valence-electron chi connectivity index (χ2n) is 6.33. The lowest BCUT2D eigenvalue weighted by molar-refractivity contribution is 0.272. The van der Waals surface area contributed by atoms with Crippen molar-refractivity contribution in [1.29, 1.82) is 0 Å². The van der Waals surface area contributed by atoms with E-state index in [2.05, 4.69) is 21.4 Å². The minimum absolute atomic E-state index is 0.0891. The Bertz CT molecular complexity index is 883. The highest BCUT2D eigenvalue weighted by atomic mass is 16.5. The first-order valence-corrected chi connectivity index (χ1v) is 8.43. The molecule has 0 spiro atoms. The van der Waals surface area contributed by atoms with Gasteiger partial charge in [-0.2, -0.15) is 4.98 Å². The van der Waals surface area contributed by atoms with Crippen LogP contribution in [-0.4, -0.2) is 21.9 Å². The van der Waals surface area contributed by atoms with Crippen LogP contribution in [-0.2, 0) is 12.8 Å². The molecule has 24 heavy (non-hydrogen) atoms.